The van der Waals surface area contributed by atoms with E-state index in [1.807, 2.05) is 36.4 Å². The number of H-pyrrole nitrogens is 1. The molecule has 0 saturated carbocycles. The molecule has 7 heteroatoms. The lowest BCUT2D eigenvalue weighted by Crippen LogP contribution is -1.95. The van der Waals surface area contributed by atoms with Crippen LogP contribution >= 0.6 is 28.1 Å². The molecule has 1 N–H and O–H groups in total. The van der Waals surface area contributed by atoms with Crippen LogP contribution in [0.4, 0.5) is 0 Å². The Morgan fingerprint density at radius 3 is 2.86 bits per heavy atom. The zero-order valence-corrected chi connectivity index (χ0v) is 13.2. The van der Waals surface area contributed by atoms with Crippen LogP contribution in [0.3, 0.4) is 0 Å². The van der Waals surface area contributed by atoms with Crippen molar-refractivity contribution in [1.82, 2.24) is 19.9 Å². The van der Waals surface area contributed by atoms with Gasteiger partial charge in [-0.15, -0.1) is 0 Å². The third kappa shape index (κ3) is 2.98. The number of benzene rings is 1. The summed E-state index contributed by atoms with van der Waals surface area (Å²) in [4.78, 5) is 4.04. The van der Waals surface area contributed by atoms with Crippen LogP contribution in [0.5, 0.6) is 0 Å². The molecule has 1 aromatic carbocycles. The Labute approximate surface area is 134 Å². The van der Waals surface area contributed by atoms with Gasteiger partial charge in [-0.25, -0.2) is 5.10 Å². The summed E-state index contributed by atoms with van der Waals surface area (Å²) >= 11 is 8.74. The first-order chi connectivity index (χ1) is 10.3. The van der Waals surface area contributed by atoms with Gasteiger partial charge in [0.15, 0.2) is 5.82 Å². The number of rotatable bonds is 3. The smallest absolute Gasteiger partial charge is 0.216 e. The van der Waals surface area contributed by atoms with Gasteiger partial charge in [0, 0.05) is 28.0 Å². The number of aromatic nitrogens is 4. The molecule has 104 valence electrons. The van der Waals surface area contributed by atoms with Gasteiger partial charge in [0.2, 0.25) is 4.77 Å². The minimum Gasteiger partial charge on any atom is -0.264 e. The summed E-state index contributed by atoms with van der Waals surface area (Å²) in [7, 11) is 0. The van der Waals surface area contributed by atoms with Crippen LogP contribution in [0, 0.1) is 4.77 Å². The van der Waals surface area contributed by atoms with Crippen LogP contribution in [-0.2, 0) is 0 Å². The molecule has 0 aliphatic carbocycles. The zero-order chi connectivity index (χ0) is 14.7. The lowest BCUT2D eigenvalue weighted by Gasteiger charge is -2.03. The number of aromatic amines is 1. The maximum atomic E-state index is 5.23. The van der Waals surface area contributed by atoms with E-state index in [0.29, 0.717) is 10.6 Å². The Balaban J connectivity index is 2.05. The van der Waals surface area contributed by atoms with Gasteiger partial charge in [-0.05, 0) is 30.4 Å². The Kier molecular flexibility index (Phi) is 4.03. The Bertz CT molecular complexity index is 838. The highest BCUT2D eigenvalue weighted by Crippen LogP contribution is 2.26. The Hall–Kier alpha value is -2.12. The monoisotopic (exact) mass is 359 g/mol. The van der Waals surface area contributed by atoms with Crippen molar-refractivity contribution in [3.05, 3.63) is 63.6 Å². The van der Waals surface area contributed by atoms with E-state index in [1.54, 1.807) is 23.3 Å². The number of hydrogen-bond acceptors (Lipinski definition) is 4. The van der Waals surface area contributed by atoms with Gasteiger partial charge in [-0.2, -0.15) is 14.9 Å². The second-order valence-corrected chi connectivity index (χ2v) is 5.42. The summed E-state index contributed by atoms with van der Waals surface area (Å²) in [5.41, 5.74) is 1.80. The summed E-state index contributed by atoms with van der Waals surface area (Å²) in [6.07, 6.45) is 5.14. The molecule has 3 aromatic rings. The van der Waals surface area contributed by atoms with E-state index in [1.165, 1.54) is 0 Å². The third-order valence-corrected chi connectivity index (χ3v) is 3.73. The molecule has 0 fully saturated rings. The number of nitrogens with zero attached hydrogens (tertiary/aromatic N) is 4. The second-order valence-electron chi connectivity index (χ2n) is 4.17. The average molecular weight is 360 g/mol. The number of hydrogen-bond donors (Lipinski definition) is 1. The van der Waals surface area contributed by atoms with Gasteiger partial charge in [-0.3, -0.25) is 4.98 Å². The average Bonchev–Trinajstić information content (AvgIpc) is 2.88. The Morgan fingerprint density at radius 2 is 2.10 bits per heavy atom. The number of nitrogens with one attached hydrogen (secondary N) is 1. The van der Waals surface area contributed by atoms with Crippen molar-refractivity contribution in [1.29, 1.82) is 0 Å². The molecule has 0 aliphatic heterocycles. The molecule has 2 aromatic heterocycles. The molecular weight excluding hydrogens is 350 g/mol. The zero-order valence-electron chi connectivity index (χ0n) is 10.8. The second kappa shape index (κ2) is 6.11. The van der Waals surface area contributed by atoms with Gasteiger partial charge in [-0.1, -0.05) is 34.1 Å². The molecule has 21 heavy (non-hydrogen) atoms. The largest absolute Gasteiger partial charge is 0.264 e. The molecule has 3 rings (SSSR count). The van der Waals surface area contributed by atoms with Gasteiger partial charge < -0.3 is 0 Å². The highest BCUT2D eigenvalue weighted by Gasteiger charge is 2.10. The first-order valence-corrected chi connectivity index (χ1v) is 7.32. The van der Waals surface area contributed by atoms with Crippen LogP contribution < -0.4 is 0 Å². The molecule has 2 heterocycles. The number of halogens is 1. The standard InChI is InChI=1S/C14H10BrN5S/c15-12-6-2-1-5-11(12)13-18-19-14(21)20(13)17-9-10-4-3-7-16-8-10/h1-9H,(H,19,21)/b17-9+. The molecule has 0 unspecified atom stereocenters. The van der Waals surface area contributed by atoms with Crippen molar-refractivity contribution in [3.63, 3.8) is 0 Å². The third-order valence-electron chi connectivity index (χ3n) is 2.77. The van der Waals surface area contributed by atoms with Crippen LogP contribution in [0.1, 0.15) is 5.56 Å². The van der Waals surface area contributed by atoms with E-state index in [9.17, 15) is 0 Å². The van der Waals surface area contributed by atoms with Gasteiger partial charge in [0.05, 0.1) is 6.21 Å². The fourth-order valence-corrected chi connectivity index (χ4v) is 2.43. The van der Waals surface area contributed by atoms with Crippen molar-refractivity contribution in [3.8, 4) is 11.4 Å². The first kappa shape index (κ1) is 13.8. The maximum absolute atomic E-state index is 5.23. The molecule has 0 saturated heterocycles. The van der Waals surface area contributed by atoms with Crippen molar-refractivity contribution in [2.75, 3.05) is 0 Å². The maximum Gasteiger partial charge on any atom is 0.216 e. The van der Waals surface area contributed by atoms with Crippen molar-refractivity contribution < 1.29 is 0 Å². The fourth-order valence-electron chi connectivity index (χ4n) is 1.79. The van der Waals surface area contributed by atoms with Crippen LogP contribution in [-0.4, -0.2) is 26.1 Å². The molecule has 0 atom stereocenters. The fraction of sp³-hybridized carbons (Fsp3) is 0. The number of pyridine rings is 1. The predicted molar refractivity (Wildman–Crippen MR) is 87.8 cm³/mol. The van der Waals surface area contributed by atoms with E-state index >= 15 is 0 Å². The van der Waals surface area contributed by atoms with Crippen molar-refractivity contribution >= 4 is 34.4 Å². The van der Waals surface area contributed by atoms with Crippen molar-refractivity contribution in [2.45, 2.75) is 0 Å². The molecule has 0 bridgehead atoms. The molecule has 0 spiro atoms. The normalized spacial score (nSPS) is 11.1. The molecule has 0 amide bonds. The minimum atomic E-state index is 0.431. The molecule has 0 aliphatic rings. The highest BCUT2D eigenvalue weighted by atomic mass is 79.9. The SMILES string of the molecule is S=c1[nH]nc(-c2ccccc2Br)n1/N=C/c1cccnc1. The van der Waals surface area contributed by atoms with E-state index in [2.05, 4.69) is 36.2 Å². The van der Waals surface area contributed by atoms with Gasteiger partial charge in [0.1, 0.15) is 0 Å². The van der Waals surface area contributed by atoms with Crippen LogP contribution in [0.2, 0.25) is 0 Å². The molecular formula is C14H10BrN5S. The van der Waals surface area contributed by atoms with Crippen LogP contribution in [0.15, 0.2) is 58.4 Å². The van der Waals surface area contributed by atoms with Gasteiger partial charge >= 0.3 is 0 Å². The lowest BCUT2D eigenvalue weighted by atomic mass is 10.2. The summed E-state index contributed by atoms with van der Waals surface area (Å²) in [6, 6.07) is 11.5. The summed E-state index contributed by atoms with van der Waals surface area (Å²) in [5, 5.41) is 11.4. The summed E-state index contributed by atoms with van der Waals surface area (Å²) in [5.74, 6) is 0.646. The minimum absolute atomic E-state index is 0.431. The van der Waals surface area contributed by atoms with E-state index < -0.39 is 0 Å². The van der Waals surface area contributed by atoms with E-state index in [-0.39, 0.29) is 0 Å². The summed E-state index contributed by atoms with van der Waals surface area (Å²) < 4.78 is 2.94. The van der Waals surface area contributed by atoms with E-state index in [4.69, 9.17) is 12.2 Å². The Morgan fingerprint density at radius 1 is 1.24 bits per heavy atom. The topological polar surface area (TPSA) is 58.9 Å². The van der Waals surface area contributed by atoms with Crippen molar-refractivity contribution in [2.24, 2.45) is 5.10 Å². The highest BCUT2D eigenvalue weighted by molar-refractivity contribution is 9.10. The molecule has 0 radical (unpaired) electrons. The summed E-state index contributed by atoms with van der Waals surface area (Å²) in [6.45, 7) is 0. The molecule has 5 nitrogen and oxygen atoms in total. The first-order valence-electron chi connectivity index (χ1n) is 6.12. The van der Waals surface area contributed by atoms with Crippen LogP contribution in [0.25, 0.3) is 11.4 Å². The quantitative estimate of drug-likeness (QED) is 0.573. The predicted octanol–water partition coefficient (Wildman–Crippen LogP) is 3.65. The lowest BCUT2D eigenvalue weighted by molar-refractivity contribution is 0.871. The van der Waals surface area contributed by atoms with E-state index in [0.717, 1.165) is 15.6 Å². The van der Waals surface area contributed by atoms with Gasteiger partial charge in [0.25, 0.3) is 0 Å².